The second-order valence-electron chi connectivity index (χ2n) is 5.48. The maximum absolute atomic E-state index is 11.8. The van der Waals surface area contributed by atoms with Crippen molar-refractivity contribution in [3.05, 3.63) is 29.8 Å². The average molecular weight is 276 g/mol. The molecule has 0 unspecified atom stereocenters. The Bertz CT molecular complexity index is 424. The molecule has 3 heteroatoms. The van der Waals surface area contributed by atoms with Gasteiger partial charge in [-0.3, -0.25) is 4.79 Å². The molecule has 0 aliphatic heterocycles. The zero-order chi connectivity index (χ0) is 14.4. The first-order valence-corrected chi connectivity index (χ1v) is 7.54. The second kappa shape index (κ2) is 7.32. The van der Waals surface area contributed by atoms with E-state index in [-0.39, 0.29) is 17.8 Å². The summed E-state index contributed by atoms with van der Waals surface area (Å²) in [5, 5.41) is 0. The summed E-state index contributed by atoms with van der Waals surface area (Å²) in [5.41, 5.74) is 1.31. The summed E-state index contributed by atoms with van der Waals surface area (Å²) in [5.74, 6) is 1.08. The van der Waals surface area contributed by atoms with Gasteiger partial charge in [0.15, 0.2) is 0 Å². The van der Waals surface area contributed by atoms with E-state index in [1.807, 2.05) is 12.1 Å². The van der Waals surface area contributed by atoms with E-state index >= 15 is 0 Å². The van der Waals surface area contributed by atoms with Crippen LogP contribution in [0.4, 0.5) is 0 Å². The van der Waals surface area contributed by atoms with Gasteiger partial charge in [-0.2, -0.15) is 0 Å². The van der Waals surface area contributed by atoms with E-state index in [0.29, 0.717) is 6.61 Å². The van der Waals surface area contributed by atoms with Gasteiger partial charge in [0.1, 0.15) is 5.75 Å². The number of carbonyl (C=O) groups is 1. The molecule has 2 rings (SSSR count). The molecule has 0 bridgehead atoms. The van der Waals surface area contributed by atoms with Crippen LogP contribution in [0.5, 0.6) is 5.75 Å². The van der Waals surface area contributed by atoms with E-state index < -0.39 is 0 Å². The number of benzene rings is 1. The number of hydrogen-bond acceptors (Lipinski definition) is 3. The van der Waals surface area contributed by atoms with Gasteiger partial charge in [0.25, 0.3) is 0 Å². The van der Waals surface area contributed by atoms with Crippen LogP contribution < -0.4 is 4.74 Å². The van der Waals surface area contributed by atoms with Gasteiger partial charge in [0.2, 0.25) is 0 Å². The third-order valence-electron chi connectivity index (χ3n) is 4.21. The monoisotopic (exact) mass is 276 g/mol. The molecular weight excluding hydrogens is 252 g/mol. The highest BCUT2D eigenvalue weighted by Crippen LogP contribution is 2.31. The molecule has 0 radical (unpaired) electrons. The average Bonchev–Trinajstić information content (AvgIpc) is 2.53. The normalized spacial score (nSPS) is 22.3. The van der Waals surface area contributed by atoms with Crippen molar-refractivity contribution in [3.8, 4) is 5.75 Å². The van der Waals surface area contributed by atoms with Gasteiger partial charge < -0.3 is 9.47 Å². The Kier molecular flexibility index (Phi) is 5.45. The lowest BCUT2D eigenvalue weighted by Crippen LogP contribution is -2.32. The minimum absolute atomic E-state index is 0.00339. The van der Waals surface area contributed by atoms with Crippen molar-refractivity contribution in [1.82, 2.24) is 0 Å². The number of ether oxygens (including phenoxy) is 2. The van der Waals surface area contributed by atoms with Gasteiger partial charge in [0, 0.05) is 5.92 Å². The number of hydrogen-bond donors (Lipinski definition) is 0. The molecule has 20 heavy (non-hydrogen) atoms. The minimum Gasteiger partial charge on any atom is -0.493 e. The van der Waals surface area contributed by atoms with Crippen LogP contribution in [0, 0.1) is 11.8 Å². The van der Waals surface area contributed by atoms with E-state index in [0.717, 1.165) is 31.4 Å². The summed E-state index contributed by atoms with van der Waals surface area (Å²) in [6, 6.07) is 8.20. The number of aryl methyl sites for hydroxylation is 1. The Morgan fingerprint density at radius 3 is 2.55 bits per heavy atom. The van der Waals surface area contributed by atoms with Gasteiger partial charge in [-0.1, -0.05) is 31.9 Å². The molecule has 3 nitrogen and oxygen atoms in total. The summed E-state index contributed by atoms with van der Waals surface area (Å²) < 4.78 is 10.8. The molecule has 0 saturated heterocycles. The summed E-state index contributed by atoms with van der Waals surface area (Å²) in [6.07, 6.45) is 5.30. The summed E-state index contributed by atoms with van der Waals surface area (Å²) >= 11 is 0. The highest BCUT2D eigenvalue weighted by atomic mass is 16.5. The Labute approximate surface area is 121 Å². The zero-order valence-corrected chi connectivity index (χ0v) is 12.4. The highest BCUT2D eigenvalue weighted by molar-refractivity contribution is 5.72. The number of esters is 1. The third-order valence-corrected chi connectivity index (χ3v) is 4.21. The predicted octanol–water partition coefficient (Wildman–Crippen LogP) is 3.61. The van der Waals surface area contributed by atoms with Crippen molar-refractivity contribution >= 4 is 5.97 Å². The fraction of sp³-hybridized carbons (Fsp3) is 0.588. The standard InChI is InChI=1S/C17H24O3/c1-3-13-8-10-15(11-9-13)20-12-14-6-4-5-7-16(14)17(18)19-2/h8-11,14,16H,3-7,12H2,1-2H3/t14-,16+/m0/s1. The van der Waals surface area contributed by atoms with Crippen LogP contribution in [0.3, 0.4) is 0 Å². The largest absolute Gasteiger partial charge is 0.493 e. The summed E-state index contributed by atoms with van der Waals surface area (Å²) in [4.78, 5) is 11.8. The van der Waals surface area contributed by atoms with Crippen LogP contribution >= 0.6 is 0 Å². The van der Waals surface area contributed by atoms with Crippen molar-refractivity contribution in [2.45, 2.75) is 39.0 Å². The van der Waals surface area contributed by atoms with Crippen LogP contribution in [-0.4, -0.2) is 19.7 Å². The van der Waals surface area contributed by atoms with Gasteiger partial charge in [0.05, 0.1) is 19.6 Å². The molecule has 2 atom stereocenters. The first-order valence-electron chi connectivity index (χ1n) is 7.54. The lowest BCUT2D eigenvalue weighted by Gasteiger charge is -2.29. The molecule has 1 saturated carbocycles. The summed E-state index contributed by atoms with van der Waals surface area (Å²) in [6.45, 7) is 2.74. The number of rotatable bonds is 5. The molecule has 0 amide bonds. The fourth-order valence-corrected chi connectivity index (χ4v) is 2.89. The van der Waals surface area contributed by atoms with Crippen molar-refractivity contribution in [2.24, 2.45) is 11.8 Å². The molecule has 1 aliphatic carbocycles. The minimum atomic E-state index is -0.0837. The topological polar surface area (TPSA) is 35.5 Å². The van der Waals surface area contributed by atoms with Crippen molar-refractivity contribution in [3.63, 3.8) is 0 Å². The molecule has 110 valence electrons. The van der Waals surface area contributed by atoms with E-state index in [4.69, 9.17) is 9.47 Å². The van der Waals surface area contributed by atoms with Crippen LogP contribution in [0.25, 0.3) is 0 Å². The van der Waals surface area contributed by atoms with Crippen molar-refractivity contribution in [1.29, 1.82) is 0 Å². The first kappa shape index (κ1) is 14.9. The molecular formula is C17H24O3. The lowest BCUT2D eigenvalue weighted by atomic mass is 9.80. The Balaban J connectivity index is 1.91. The fourth-order valence-electron chi connectivity index (χ4n) is 2.89. The first-order chi connectivity index (χ1) is 9.74. The third kappa shape index (κ3) is 3.75. The number of carbonyl (C=O) groups excluding carboxylic acids is 1. The predicted molar refractivity (Wildman–Crippen MR) is 78.8 cm³/mol. The number of methoxy groups -OCH3 is 1. The smallest absolute Gasteiger partial charge is 0.309 e. The molecule has 0 aromatic heterocycles. The molecule has 0 heterocycles. The van der Waals surface area contributed by atoms with Crippen LogP contribution in [0.15, 0.2) is 24.3 Å². The molecule has 0 N–H and O–H groups in total. The SMILES string of the molecule is CCc1ccc(OC[C@@H]2CCCC[C@H]2C(=O)OC)cc1. The highest BCUT2D eigenvalue weighted by Gasteiger charge is 2.32. The Morgan fingerprint density at radius 2 is 1.90 bits per heavy atom. The van der Waals surface area contributed by atoms with Crippen LogP contribution in [0.1, 0.15) is 38.2 Å². The van der Waals surface area contributed by atoms with E-state index in [1.54, 1.807) is 0 Å². The molecule has 1 fully saturated rings. The van der Waals surface area contributed by atoms with Crippen molar-refractivity contribution < 1.29 is 14.3 Å². The molecule has 1 aromatic carbocycles. The Morgan fingerprint density at radius 1 is 1.20 bits per heavy atom. The Hall–Kier alpha value is -1.51. The maximum atomic E-state index is 11.8. The van der Waals surface area contributed by atoms with Crippen LogP contribution in [0.2, 0.25) is 0 Å². The quantitative estimate of drug-likeness (QED) is 0.771. The molecule has 1 aliphatic rings. The van der Waals surface area contributed by atoms with Gasteiger partial charge in [-0.15, -0.1) is 0 Å². The van der Waals surface area contributed by atoms with Gasteiger partial charge >= 0.3 is 5.97 Å². The van der Waals surface area contributed by atoms with Gasteiger partial charge in [-0.05, 0) is 37.0 Å². The molecule has 0 spiro atoms. The van der Waals surface area contributed by atoms with E-state index in [1.165, 1.54) is 19.1 Å². The summed E-state index contributed by atoms with van der Waals surface area (Å²) in [7, 11) is 1.47. The molecule has 1 aromatic rings. The van der Waals surface area contributed by atoms with Crippen molar-refractivity contribution in [2.75, 3.05) is 13.7 Å². The second-order valence-corrected chi connectivity index (χ2v) is 5.48. The zero-order valence-electron chi connectivity index (χ0n) is 12.4. The van der Waals surface area contributed by atoms with Gasteiger partial charge in [-0.25, -0.2) is 0 Å². The lowest BCUT2D eigenvalue weighted by molar-refractivity contribution is -0.149. The van der Waals surface area contributed by atoms with Crippen LogP contribution in [-0.2, 0) is 16.0 Å². The van der Waals surface area contributed by atoms with E-state index in [2.05, 4.69) is 19.1 Å². The van der Waals surface area contributed by atoms with E-state index in [9.17, 15) is 4.79 Å². The maximum Gasteiger partial charge on any atom is 0.309 e.